The fourth-order valence-electron chi connectivity index (χ4n) is 1.44. The van der Waals surface area contributed by atoms with Gasteiger partial charge in [0.05, 0.1) is 25.2 Å². The Balaban J connectivity index is 2.36. The van der Waals surface area contributed by atoms with Crippen LogP contribution in [-0.4, -0.2) is 26.6 Å². The molecule has 0 saturated heterocycles. The Hall–Kier alpha value is -1.95. The van der Waals surface area contributed by atoms with E-state index in [1.165, 1.54) is 0 Å². The molecule has 0 saturated carbocycles. The predicted molar refractivity (Wildman–Crippen MR) is 57.8 cm³/mol. The van der Waals surface area contributed by atoms with Crippen molar-refractivity contribution < 1.29 is 4.74 Å². The fraction of sp³-hybridized carbons (Fsp3) is 0.300. The molecule has 0 bridgehead atoms. The van der Waals surface area contributed by atoms with Gasteiger partial charge in [-0.15, -0.1) is 0 Å². The van der Waals surface area contributed by atoms with Crippen LogP contribution in [0, 0.1) is 0 Å². The van der Waals surface area contributed by atoms with Crippen LogP contribution in [0.5, 0.6) is 5.88 Å². The summed E-state index contributed by atoms with van der Waals surface area (Å²) in [5.41, 5.74) is 7.37. The molecule has 0 aliphatic rings. The van der Waals surface area contributed by atoms with Crippen LogP contribution in [0.25, 0.3) is 0 Å². The monoisotopic (exact) mass is 219 g/mol. The van der Waals surface area contributed by atoms with Gasteiger partial charge in [-0.05, 0) is 0 Å². The van der Waals surface area contributed by atoms with Crippen molar-refractivity contribution in [1.29, 1.82) is 0 Å². The van der Waals surface area contributed by atoms with Crippen molar-refractivity contribution in [1.82, 2.24) is 19.5 Å². The maximum absolute atomic E-state index is 6.05. The number of aromatic nitrogens is 4. The first kappa shape index (κ1) is 10.6. The highest BCUT2D eigenvalue weighted by Crippen LogP contribution is 2.22. The van der Waals surface area contributed by atoms with Gasteiger partial charge in [0.1, 0.15) is 5.69 Å². The molecule has 0 aliphatic carbocycles. The van der Waals surface area contributed by atoms with Crippen molar-refractivity contribution in [2.24, 2.45) is 12.8 Å². The number of rotatable bonds is 3. The van der Waals surface area contributed by atoms with Crippen molar-refractivity contribution in [3.05, 3.63) is 36.3 Å². The highest BCUT2D eigenvalue weighted by molar-refractivity contribution is 5.27. The van der Waals surface area contributed by atoms with Gasteiger partial charge >= 0.3 is 0 Å². The molecule has 0 aromatic carbocycles. The van der Waals surface area contributed by atoms with E-state index in [4.69, 9.17) is 10.5 Å². The molecule has 0 aliphatic heterocycles. The molecular weight excluding hydrogens is 206 g/mol. The van der Waals surface area contributed by atoms with Crippen molar-refractivity contribution in [3.8, 4) is 5.88 Å². The van der Waals surface area contributed by atoms with Gasteiger partial charge in [-0.3, -0.25) is 4.98 Å². The molecule has 2 aromatic rings. The number of ether oxygens (including phenoxy) is 1. The second-order valence-corrected chi connectivity index (χ2v) is 3.39. The highest BCUT2D eigenvalue weighted by atomic mass is 16.5. The molecule has 0 spiro atoms. The van der Waals surface area contributed by atoms with Crippen LogP contribution in [0.4, 0.5) is 0 Å². The second-order valence-electron chi connectivity index (χ2n) is 3.39. The quantitative estimate of drug-likeness (QED) is 0.801. The Bertz CT molecular complexity index is 482. The lowest BCUT2D eigenvalue weighted by Gasteiger charge is -2.10. The van der Waals surface area contributed by atoms with E-state index >= 15 is 0 Å². The molecule has 16 heavy (non-hydrogen) atoms. The number of hydrogen-bond donors (Lipinski definition) is 1. The summed E-state index contributed by atoms with van der Waals surface area (Å²) in [4.78, 5) is 12.4. The third kappa shape index (κ3) is 1.87. The SMILES string of the molecule is COc1nccnc1C(N)c1cn(C)cn1. The third-order valence-corrected chi connectivity index (χ3v) is 2.22. The van der Waals surface area contributed by atoms with E-state index in [1.54, 1.807) is 25.8 Å². The first-order chi connectivity index (χ1) is 7.72. The van der Waals surface area contributed by atoms with Crippen LogP contribution in [0.1, 0.15) is 17.4 Å². The minimum absolute atomic E-state index is 0.426. The van der Waals surface area contributed by atoms with Crippen molar-refractivity contribution in [3.63, 3.8) is 0 Å². The van der Waals surface area contributed by atoms with Crippen molar-refractivity contribution >= 4 is 0 Å². The molecule has 84 valence electrons. The normalized spacial score (nSPS) is 12.4. The second kappa shape index (κ2) is 4.28. The zero-order valence-electron chi connectivity index (χ0n) is 9.16. The van der Waals surface area contributed by atoms with Crippen LogP contribution < -0.4 is 10.5 Å². The highest BCUT2D eigenvalue weighted by Gasteiger charge is 2.18. The smallest absolute Gasteiger partial charge is 0.237 e. The van der Waals surface area contributed by atoms with E-state index in [0.717, 1.165) is 5.69 Å². The number of aryl methyl sites for hydroxylation is 1. The first-order valence-electron chi connectivity index (χ1n) is 4.80. The van der Waals surface area contributed by atoms with Gasteiger partial charge in [0.15, 0.2) is 0 Å². The molecule has 1 atom stereocenters. The van der Waals surface area contributed by atoms with Gasteiger partial charge < -0.3 is 15.0 Å². The lowest BCUT2D eigenvalue weighted by Crippen LogP contribution is -2.15. The first-order valence-corrected chi connectivity index (χ1v) is 4.80. The lowest BCUT2D eigenvalue weighted by atomic mass is 10.1. The Kier molecular flexibility index (Phi) is 2.82. The molecule has 1 unspecified atom stereocenters. The van der Waals surface area contributed by atoms with Gasteiger partial charge in [-0.2, -0.15) is 0 Å². The van der Waals surface area contributed by atoms with E-state index in [9.17, 15) is 0 Å². The van der Waals surface area contributed by atoms with Gasteiger partial charge in [0, 0.05) is 25.6 Å². The van der Waals surface area contributed by atoms with E-state index in [2.05, 4.69) is 15.0 Å². The number of imidazole rings is 1. The van der Waals surface area contributed by atoms with E-state index in [-0.39, 0.29) is 0 Å². The van der Waals surface area contributed by atoms with Crippen molar-refractivity contribution in [2.45, 2.75) is 6.04 Å². The summed E-state index contributed by atoms with van der Waals surface area (Å²) in [6, 6.07) is -0.426. The summed E-state index contributed by atoms with van der Waals surface area (Å²) in [6.07, 6.45) is 6.69. The number of nitrogens with two attached hydrogens (primary N) is 1. The Morgan fingerprint density at radius 3 is 2.69 bits per heavy atom. The minimum Gasteiger partial charge on any atom is -0.480 e. The van der Waals surface area contributed by atoms with Gasteiger partial charge in [-0.1, -0.05) is 0 Å². The Labute approximate surface area is 93.1 Å². The molecule has 0 radical (unpaired) electrons. The molecular formula is C10H13N5O. The fourth-order valence-corrected chi connectivity index (χ4v) is 1.44. The number of nitrogens with zero attached hydrogens (tertiary/aromatic N) is 4. The molecule has 2 rings (SSSR count). The summed E-state index contributed by atoms with van der Waals surface area (Å²) in [5.74, 6) is 0.431. The molecule has 0 amide bonds. The molecule has 2 N–H and O–H groups in total. The van der Waals surface area contributed by atoms with Gasteiger partial charge in [0.2, 0.25) is 5.88 Å². The Morgan fingerprint density at radius 1 is 1.31 bits per heavy atom. The largest absolute Gasteiger partial charge is 0.480 e. The Morgan fingerprint density at radius 2 is 2.06 bits per heavy atom. The minimum atomic E-state index is -0.426. The molecule has 2 heterocycles. The van der Waals surface area contributed by atoms with Crippen LogP contribution in [0.15, 0.2) is 24.9 Å². The predicted octanol–water partition coefficient (Wildman–Crippen LogP) is 0.267. The lowest BCUT2D eigenvalue weighted by molar-refractivity contribution is 0.386. The van der Waals surface area contributed by atoms with E-state index in [0.29, 0.717) is 11.6 Å². The maximum Gasteiger partial charge on any atom is 0.237 e. The zero-order valence-corrected chi connectivity index (χ0v) is 9.16. The molecule has 6 nitrogen and oxygen atoms in total. The van der Waals surface area contributed by atoms with Crippen LogP contribution in [-0.2, 0) is 7.05 Å². The number of methoxy groups -OCH3 is 1. The van der Waals surface area contributed by atoms with Gasteiger partial charge in [0.25, 0.3) is 0 Å². The topological polar surface area (TPSA) is 78.9 Å². The standard InChI is InChI=1S/C10H13N5O/c1-15-5-7(14-6-15)8(11)9-10(16-2)13-4-3-12-9/h3-6,8H,11H2,1-2H3. The van der Waals surface area contributed by atoms with Gasteiger partial charge in [-0.25, -0.2) is 9.97 Å². The zero-order chi connectivity index (χ0) is 11.5. The summed E-state index contributed by atoms with van der Waals surface area (Å²) in [7, 11) is 3.43. The third-order valence-electron chi connectivity index (χ3n) is 2.22. The number of hydrogen-bond acceptors (Lipinski definition) is 5. The van der Waals surface area contributed by atoms with Crippen LogP contribution in [0.3, 0.4) is 0 Å². The van der Waals surface area contributed by atoms with E-state index < -0.39 is 6.04 Å². The maximum atomic E-state index is 6.05. The summed E-state index contributed by atoms with van der Waals surface area (Å²) in [5, 5.41) is 0. The van der Waals surface area contributed by atoms with E-state index in [1.807, 2.05) is 17.8 Å². The van der Waals surface area contributed by atoms with Crippen LogP contribution >= 0.6 is 0 Å². The van der Waals surface area contributed by atoms with Crippen molar-refractivity contribution in [2.75, 3.05) is 7.11 Å². The summed E-state index contributed by atoms with van der Waals surface area (Å²) in [6.45, 7) is 0. The average molecular weight is 219 g/mol. The summed E-state index contributed by atoms with van der Waals surface area (Å²) < 4.78 is 6.94. The molecule has 2 aromatic heterocycles. The molecule has 6 heteroatoms. The average Bonchev–Trinajstić information content (AvgIpc) is 2.75. The summed E-state index contributed by atoms with van der Waals surface area (Å²) >= 11 is 0. The molecule has 0 fully saturated rings. The van der Waals surface area contributed by atoms with Crippen LogP contribution in [0.2, 0.25) is 0 Å².